The molecule has 3 nitrogen and oxygen atoms in total. The molecule has 5 heteroatoms. The molecular formula is C13H15F2NO2. The summed E-state index contributed by atoms with van der Waals surface area (Å²) in [6.45, 7) is 3.67. The average molecular weight is 255 g/mol. The lowest BCUT2D eigenvalue weighted by Crippen LogP contribution is -2.71. The summed E-state index contributed by atoms with van der Waals surface area (Å²) in [6.07, 6.45) is 1.15. The lowest BCUT2D eigenvalue weighted by Gasteiger charge is -2.57. The molecule has 0 N–H and O–H groups in total. The fraction of sp³-hybridized carbons (Fsp3) is 0.538. The van der Waals surface area contributed by atoms with E-state index in [0.717, 1.165) is 38.8 Å². The Bertz CT molecular complexity index is 443. The van der Waals surface area contributed by atoms with E-state index in [1.54, 1.807) is 0 Å². The molecule has 0 unspecified atom stereocenters. The molecular weight excluding hydrogens is 240 g/mol. The lowest BCUT2D eigenvalue weighted by molar-refractivity contribution is -0.193. The van der Waals surface area contributed by atoms with E-state index in [2.05, 4.69) is 4.90 Å². The number of likely N-dealkylation sites (tertiary alicyclic amines) is 1. The first-order valence-corrected chi connectivity index (χ1v) is 6.11. The van der Waals surface area contributed by atoms with Crippen LogP contribution in [-0.2, 0) is 4.74 Å². The van der Waals surface area contributed by atoms with Gasteiger partial charge < -0.3 is 9.47 Å². The van der Waals surface area contributed by atoms with Gasteiger partial charge in [-0.25, -0.2) is 4.39 Å². The molecule has 2 fully saturated rings. The molecule has 0 amide bonds. The van der Waals surface area contributed by atoms with Crippen LogP contribution in [-0.4, -0.2) is 43.3 Å². The lowest BCUT2D eigenvalue weighted by atomic mass is 9.83. The number of halogens is 2. The minimum absolute atomic E-state index is 0.0190. The highest BCUT2D eigenvalue weighted by Crippen LogP contribution is 2.36. The van der Waals surface area contributed by atoms with Gasteiger partial charge in [0.1, 0.15) is 6.61 Å². The summed E-state index contributed by atoms with van der Waals surface area (Å²) in [5.41, 5.74) is 0.212. The zero-order valence-corrected chi connectivity index (χ0v) is 9.99. The molecule has 0 aromatic heterocycles. The predicted octanol–water partition coefficient (Wildman–Crippen LogP) is 1.82. The van der Waals surface area contributed by atoms with Gasteiger partial charge >= 0.3 is 0 Å². The fourth-order valence-electron chi connectivity index (χ4n) is 2.46. The molecule has 18 heavy (non-hydrogen) atoms. The van der Waals surface area contributed by atoms with E-state index in [9.17, 15) is 8.78 Å². The van der Waals surface area contributed by atoms with Crippen molar-refractivity contribution in [2.45, 2.75) is 12.0 Å². The largest absolute Gasteiger partial charge is 0.489 e. The summed E-state index contributed by atoms with van der Waals surface area (Å²) in [6, 6.07) is 3.97. The highest BCUT2D eigenvalue weighted by Gasteiger charge is 2.50. The van der Waals surface area contributed by atoms with E-state index >= 15 is 0 Å². The zero-order chi connectivity index (χ0) is 12.6. The van der Waals surface area contributed by atoms with Crippen LogP contribution in [0.4, 0.5) is 8.78 Å². The van der Waals surface area contributed by atoms with Gasteiger partial charge in [-0.05, 0) is 18.6 Å². The van der Waals surface area contributed by atoms with Crippen LogP contribution in [0.1, 0.15) is 6.42 Å². The number of ether oxygens (including phenoxy) is 2. The van der Waals surface area contributed by atoms with Gasteiger partial charge in [0.25, 0.3) is 0 Å². The van der Waals surface area contributed by atoms with Crippen LogP contribution in [0, 0.1) is 11.6 Å². The van der Waals surface area contributed by atoms with E-state index in [1.807, 2.05) is 0 Å². The van der Waals surface area contributed by atoms with E-state index < -0.39 is 11.6 Å². The highest BCUT2D eigenvalue weighted by molar-refractivity contribution is 5.25. The molecule has 1 aromatic carbocycles. The van der Waals surface area contributed by atoms with Crippen LogP contribution < -0.4 is 4.74 Å². The van der Waals surface area contributed by atoms with E-state index in [0.29, 0.717) is 6.61 Å². The Morgan fingerprint density at radius 2 is 2.17 bits per heavy atom. The van der Waals surface area contributed by atoms with Crippen molar-refractivity contribution in [1.82, 2.24) is 4.90 Å². The minimum Gasteiger partial charge on any atom is -0.489 e. The molecule has 1 aromatic rings. The molecule has 2 aliphatic heterocycles. The van der Waals surface area contributed by atoms with Crippen molar-refractivity contribution in [1.29, 1.82) is 0 Å². The Morgan fingerprint density at radius 1 is 1.33 bits per heavy atom. The molecule has 2 aliphatic rings. The quantitative estimate of drug-likeness (QED) is 0.819. The first-order valence-electron chi connectivity index (χ1n) is 6.11. The third-order valence-electron chi connectivity index (χ3n) is 3.79. The van der Waals surface area contributed by atoms with Crippen molar-refractivity contribution in [3.8, 4) is 5.75 Å². The summed E-state index contributed by atoms with van der Waals surface area (Å²) in [7, 11) is 0. The normalized spacial score (nSPS) is 21.4. The van der Waals surface area contributed by atoms with E-state index in [4.69, 9.17) is 9.47 Å². The fourth-order valence-corrected chi connectivity index (χ4v) is 2.46. The molecule has 0 atom stereocenters. The Kier molecular flexibility index (Phi) is 2.95. The van der Waals surface area contributed by atoms with Crippen LogP contribution >= 0.6 is 0 Å². The molecule has 1 spiro atoms. The van der Waals surface area contributed by atoms with Crippen molar-refractivity contribution in [3.63, 3.8) is 0 Å². The van der Waals surface area contributed by atoms with Crippen molar-refractivity contribution in [2.24, 2.45) is 0 Å². The van der Waals surface area contributed by atoms with Gasteiger partial charge in [-0.15, -0.1) is 0 Å². The van der Waals surface area contributed by atoms with Crippen molar-refractivity contribution < 1.29 is 18.3 Å². The monoisotopic (exact) mass is 255 g/mol. The molecule has 3 rings (SSSR count). The van der Waals surface area contributed by atoms with Crippen molar-refractivity contribution in [3.05, 3.63) is 29.8 Å². The molecule has 0 radical (unpaired) electrons. The maximum atomic E-state index is 13.3. The SMILES string of the molecule is Fc1cccc(OCCN2CCC23COC3)c1F. The smallest absolute Gasteiger partial charge is 0.200 e. The maximum Gasteiger partial charge on any atom is 0.200 e. The first-order chi connectivity index (χ1) is 8.71. The molecule has 2 saturated heterocycles. The number of benzene rings is 1. The Balaban J connectivity index is 1.51. The Labute approximate surface area is 104 Å². The summed E-state index contributed by atoms with van der Waals surface area (Å²) >= 11 is 0. The second kappa shape index (κ2) is 4.48. The van der Waals surface area contributed by atoms with Crippen molar-refractivity contribution >= 4 is 0 Å². The Morgan fingerprint density at radius 3 is 2.78 bits per heavy atom. The van der Waals surface area contributed by atoms with Gasteiger partial charge in [-0.1, -0.05) is 6.07 Å². The number of nitrogens with zero attached hydrogens (tertiary/aromatic N) is 1. The van der Waals surface area contributed by atoms with Gasteiger partial charge in [0.05, 0.1) is 18.8 Å². The summed E-state index contributed by atoms with van der Waals surface area (Å²) < 4.78 is 36.8. The topological polar surface area (TPSA) is 21.7 Å². The van der Waals surface area contributed by atoms with E-state index in [1.165, 1.54) is 12.1 Å². The standard InChI is InChI=1S/C13H15F2NO2/c14-10-2-1-3-11(12(10)15)18-7-6-16-5-4-13(16)8-17-9-13/h1-3H,4-9H2. The van der Waals surface area contributed by atoms with Crippen LogP contribution in [0.2, 0.25) is 0 Å². The molecule has 0 bridgehead atoms. The zero-order valence-electron chi connectivity index (χ0n) is 9.99. The van der Waals surface area contributed by atoms with Crippen LogP contribution in [0.3, 0.4) is 0 Å². The predicted molar refractivity (Wildman–Crippen MR) is 61.6 cm³/mol. The number of hydrogen-bond donors (Lipinski definition) is 0. The van der Waals surface area contributed by atoms with Crippen LogP contribution in [0.25, 0.3) is 0 Å². The van der Waals surface area contributed by atoms with Gasteiger partial charge in [-0.3, -0.25) is 4.90 Å². The molecule has 0 saturated carbocycles. The summed E-state index contributed by atoms with van der Waals surface area (Å²) in [5.74, 6) is -1.81. The van der Waals surface area contributed by atoms with Crippen LogP contribution in [0.15, 0.2) is 18.2 Å². The minimum atomic E-state index is -0.914. The van der Waals surface area contributed by atoms with Gasteiger partial charge in [0, 0.05) is 13.1 Å². The van der Waals surface area contributed by atoms with Gasteiger partial charge in [0.2, 0.25) is 5.82 Å². The van der Waals surface area contributed by atoms with E-state index in [-0.39, 0.29) is 11.3 Å². The average Bonchev–Trinajstić information content (AvgIpc) is 2.26. The maximum absolute atomic E-state index is 13.3. The summed E-state index contributed by atoms with van der Waals surface area (Å²) in [4.78, 5) is 2.29. The second-order valence-corrected chi connectivity index (χ2v) is 4.85. The third kappa shape index (κ3) is 1.87. The first kappa shape index (κ1) is 11.9. The number of rotatable bonds is 4. The summed E-state index contributed by atoms with van der Waals surface area (Å²) in [5, 5.41) is 0. The van der Waals surface area contributed by atoms with Gasteiger partial charge in [-0.2, -0.15) is 4.39 Å². The molecule has 98 valence electrons. The third-order valence-corrected chi connectivity index (χ3v) is 3.79. The highest BCUT2D eigenvalue weighted by atomic mass is 19.2. The molecule has 0 aliphatic carbocycles. The van der Waals surface area contributed by atoms with Crippen LogP contribution in [0.5, 0.6) is 5.75 Å². The molecule has 2 heterocycles. The van der Waals surface area contributed by atoms with Gasteiger partial charge in [0.15, 0.2) is 11.6 Å². The number of hydrogen-bond acceptors (Lipinski definition) is 3. The van der Waals surface area contributed by atoms with Crippen molar-refractivity contribution in [2.75, 3.05) is 32.9 Å². The second-order valence-electron chi connectivity index (χ2n) is 4.85. The Hall–Kier alpha value is -1.20.